The third-order valence-corrected chi connectivity index (χ3v) is 10.1. The summed E-state index contributed by atoms with van der Waals surface area (Å²) >= 11 is 1.54. The second-order valence-electron chi connectivity index (χ2n) is 11.6. The van der Waals surface area contributed by atoms with Crippen molar-refractivity contribution in [1.82, 2.24) is 15.8 Å². The molecule has 4 aliphatic carbocycles. The molecule has 0 saturated heterocycles. The van der Waals surface area contributed by atoms with Crippen molar-refractivity contribution >= 4 is 36.0 Å². The maximum atomic E-state index is 13.5. The summed E-state index contributed by atoms with van der Waals surface area (Å²) < 4.78 is 11.8. The molecule has 4 bridgehead atoms. The van der Waals surface area contributed by atoms with E-state index < -0.39 is 5.41 Å². The van der Waals surface area contributed by atoms with Crippen molar-refractivity contribution in [2.45, 2.75) is 83.6 Å². The lowest BCUT2D eigenvalue weighted by atomic mass is 9.54. The number of carbonyl (C=O) groups excluding carboxylic acids is 2. The van der Waals surface area contributed by atoms with Crippen LogP contribution < -0.4 is 21.1 Å². The SMILES string of the molecule is CCC(CC)(COc1noc(C(=O)NC2C3CC4CC(C3)CC2C4)c1SCC(C)C)C(=O)NCCN.Cl. The molecule has 0 unspecified atom stereocenters. The van der Waals surface area contributed by atoms with Crippen LogP contribution in [-0.4, -0.2) is 48.5 Å². The van der Waals surface area contributed by atoms with E-state index in [9.17, 15) is 9.59 Å². The molecule has 0 spiro atoms. The standard InChI is InChI=1S/C27H44N4O4S.ClH/c1-5-27(6-2,26(33)29-8-7-28)15-34-25-23(36-14-16(3)4)22(35-31-25)24(32)30-21-19-10-17-9-18(12-19)13-20(21)11-17;/h16-21H,5-15,28H2,1-4H3,(H,29,33)(H,30,32);1H. The van der Waals surface area contributed by atoms with Gasteiger partial charge in [-0.1, -0.05) is 27.7 Å². The smallest absolute Gasteiger partial charge is 0.291 e. The predicted octanol–water partition coefficient (Wildman–Crippen LogP) is 4.66. The molecule has 210 valence electrons. The van der Waals surface area contributed by atoms with Gasteiger partial charge in [-0.05, 0) is 79.7 Å². The quantitative estimate of drug-likeness (QED) is 0.302. The number of hydrogen-bond acceptors (Lipinski definition) is 7. The number of hydrogen-bond donors (Lipinski definition) is 3. The zero-order valence-corrected chi connectivity index (χ0v) is 24.3. The molecule has 0 radical (unpaired) electrons. The van der Waals surface area contributed by atoms with Crippen LogP contribution in [0.4, 0.5) is 0 Å². The summed E-state index contributed by atoms with van der Waals surface area (Å²) in [5.74, 6) is 4.35. The second kappa shape index (κ2) is 13.1. The number of nitrogens with one attached hydrogen (secondary N) is 2. The monoisotopic (exact) mass is 556 g/mol. The van der Waals surface area contributed by atoms with Crippen molar-refractivity contribution in [2.75, 3.05) is 25.4 Å². The van der Waals surface area contributed by atoms with E-state index in [-0.39, 0.29) is 42.6 Å². The van der Waals surface area contributed by atoms with E-state index in [1.807, 2.05) is 13.8 Å². The Bertz CT molecular complexity index is 892. The van der Waals surface area contributed by atoms with Crippen molar-refractivity contribution in [3.8, 4) is 5.88 Å². The van der Waals surface area contributed by atoms with Crippen LogP contribution in [-0.2, 0) is 4.79 Å². The summed E-state index contributed by atoms with van der Waals surface area (Å²) in [5, 5.41) is 10.4. The average molecular weight is 557 g/mol. The van der Waals surface area contributed by atoms with E-state index in [1.54, 1.807) is 0 Å². The zero-order chi connectivity index (χ0) is 25.9. The summed E-state index contributed by atoms with van der Waals surface area (Å²) in [6.45, 7) is 9.21. The molecule has 4 aliphatic rings. The summed E-state index contributed by atoms with van der Waals surface area (Å²) in [7, 11) is 0. The van der Waals surface area contributed by atoms with Gasteiger partial charge in [-0.3, -0.25) is 9.59 Å². The highest BCUT2D eigenvalue weighted by Crippen LogP contribution is 2.53. The van der Waals surface area contributed by atoms with Crippen LogP contribution in [0.15, 0.2) is 9.42 Å². The van der Waals surface area contributed by atoms with Crippen LogP contribution in [0, 0.1) is 35.0 Å². The van der Waals surface area contributed by atoms with E-state index in [2.05, 4.69) is 29.6 Å². The summed E-state index contributed by atoms with van der Waals surface area (Å²) in [6, 6.07) is 0.224. The number of nitrogens with two attached hydrogens (primary N) is 1. The van der Waals surface area contributed by atoms with Gasteiger partial charge in [0.25, 0.3) is 11.8 Å². The molecular formula is C27H45ClN4O4S. The van der Waals surface area contributed by atoms with Gasteiger partial charge in [0.05, 0.1) is 5.41 Å². The molecule has 2 amide bonds. The van der Waals surface area contributed by atoms with Crippen molar-refractivity contribution in [3.63, 3.8) is 0 Å². The minimum Gasteiger partial charge on any atom is -0.474 e. The molecule has 4 fully saturated rings. The highest BCUT2D eigenvalue weighted by atomic mass is 35.5. The fraction of sp³-hybridized carbons (Fsp3) is 0.815. The van der Waals surface area contributed by atoms with E-state index in [4.69, 9.17) is 15.0 Å². The molecule has 1 heterocycles. The van der Waals surface area contributed by atoms with Crippen LogP contribution in [0.25, 0.3) is 0 Å². The third-order valence-electron chi connectivity index (χ3n) is 8.66. The third kappa shape index (κ3) is 6.59. The van der Waals surface area contributed by atoms with E-state index in [1.165, 1.54) is 43.9 Å². The topological polar surface area (TPSA) is 119 Å². The van der Waals surface area contributed by atoms with Crippen LogP contribution in [0.1, 0.15) is 83.2 Å². The van der Waals surface area contributed by atoms with E-state index in [0.717, 1.165) is 17.6 Å². The van der Waals surface area contributed by atoms with Gasteiger partial charge in [0.1, 0.15) is 11.5 Å². The summed E-state index contributed by atoms with van der Waals surface area (Å²) in [4.78, 5) is 27.0. The van der Waals surface area contributed by atoms with Gasteiger partial charge < -0.3 is 25.6 Å². The van der Waals surface area contributed by atoms with Crippen LogP contribution in [0.5, 0.6) is 5.88 Å². The molecule has 37 heavy (non-hydrogen) atoms. The fourth-order valence-corrected chi connectivity index (χ4v) is 7.66. The van der Waals surface area contributed by atoms with E-state index >= 15 is 0 Å². The molecule has 0 atom stereocenters. The fourth-order valence-electron chi connectivity index (χ4n) is 6.68. The highest BCUT2D eigenvalue weighted by Gasteiger charge is 2.49. The van der Waals surface area contributed by atoms with Crippen molar-refractivity contribution in [3.05, 3.63) is 5.76 Å². The number of aromatic nitrogens is 1. The number of rotatable bonds is 13. The molecule has 1 aromatic heterocycles. The van der Waals surface area contributed by atoms with E-state index in [0.29, 0.717) is 54.5 Å². The largest absolute Gasteiger partial charge is 0.474 e. The van der Waals surface area contributed by atoms with Gasteiger partial charge in [0.2, 0.25) is 11.7 Å². The van der Waals surface area contributed by atoms with Crippen molar-refractivity contribution in [2.24, 2.45) is 40.7 Å². The zero-order valence-electron chi connectivity index (χ0n) is 22.7. The first-order valence-corrected chi connectivity index (χ1v) is 14.8. The molecule has 5 rings (SSSR count). The van der Waals surface area contributed by atoms with Gasteiger partial charge in [-0.25, -0.2) is 0 Å². The number of halogens is 1. The van der Waals surface area contributed by atoms with Crippen LogP contribution >= 0.6 is 24.2 Å². The molecule has 4 N–H and O–H groups in total. The second-order valence-corrected chi connectivity index (χ2v) is 12.6. The van der Waals surface area contributed by atoms with Gasteiger partial charge in [0.15, 0.2) is 0 Å². The van der Waals surface area contributed by atoms with Gasteiger partial charge in [-0.2, -0.15) is 0 Å². The molecule has 1 aromatic rings. The first-order valence-electron chi connectivity index (χ1n) is 13.8. The number of carbonyl (C=O) groups is 2. The number of thioether (sulfide) groups is 1. The molecule has 4 saturated carbocycles. The minimum atomic E-state index is -0.698. The Balaban J connectivity index is 0.00000380. The Morgan fingerprint density at radius 3 is 2.30 bits per heavy atom. The lowest BCUT2D eigenvalue weighted by Gasteiger charge is -2.54. The minimum absolute atomic E-state index is 0. The summed E-state index contributed by atoms with van der Waals surface area (Å²) in [5.41, 5.74) is 4.88. The van der Waals surface area contributed by atoms with Crippen LogP contribution in [0.2, 0.25) is 0 Å². The van der Waals surface area contributed by atoms with Gasteiger partial charge in [-0.15, -0.1) is 24.2 Å². The number of amides is 2. The normalized spacial score (nSPS) is 26.2. The highest BCUT2D eigenvalue weighted by molar-refractivity contribution is 7.99. The lowest BCUT2D eigenvalue weighted by molar-refractivity contribution is -0.133. The Kier molecular flexibility index (Phi) is 10.6. The number of ether oxygens (including phenoxy) is 1. The number of nitrogens with zero attached hydrogens (tertiary/aromatic N) is 1. The summed E-state index contributed by atoms with van der Waals surface area (Å²) in [6.07, 6.45) is 7.56. The Labute approximate surface area is 231 Å². The molecular weight excluding hydrogens is 512 g/mol. The maximum absolute atomic E-state index is 13.5. The van der Waals surface area contributed by atoms with Gasteiger partial charge in [0, 0.05) is 24.9 Å². The molecule has 10 heteroatoms. The lowest BCUT2D eigenvalue weighted by Crippen LogP contribution is -2.55. The Morgan fingerprint density at radius 1 is 1.14 bits per heavy atom. The molecule has 0 aliphatic heterocycles. The molecule has 0 aromatic carbocycles. The first kappa shape index (κ1) is 30.1. The Hall–Kier alpha value is -1.45. The molecule has 8 nitrogen and oxygen atoms in total. The maximum Gasteiger partial charge on any atom is 0.291 e. The first-order chi connectivity index (χ1) is 17.3. The predicted molar refractivity (Wildman–Crippen MR) is 148 cm³/mol. The van der Waals surface area contributed by atoms with Gasteiger partial charge >= 0.3 is 0 Å². The average Bonchev–Trinajstić information content (AvgIpc) is 3.27. The van der Waals surface area contributed by atoms with Crippen molar-refractivity contribution in [1.29, 1.82) is 0 Å². The Morgan fingerprint density at radius 2 is 1.76 bits per heavy atom. The van der Waals surface area contributed by atoms with Crippen LogP contribution in [0.3, 0.4) is 0 Å². The van der Waals surface area contributed by atoms with Crippen molar-refractivity contribution < 1.29 is 18.8 Å².